The SMILES string of the molecule is CCc1nnc(NCCOCCN(C)C)c(C#N)c1CC. The topological polar surface area (TPSA) is 74.1 Å². The second-order valence-electron chi connectivity index (χ2n) is 5.01. The monoisotopic (exact) mass is 291 g/mol. The molecule has 0 aliphatic carbocycles. The predicted molar refractivity (Wildman–Crippen MR) is 83.4 cm³/mol. The third kappa shape index (κ3) is 5.29. The second kappa shape index (κ2) is 9.27. The van der Waals surface area contributed by atoms with Crippen LogP contribution in [0.2, 0.25) is 0 Å². The Bertz CT molecular complexity index is 482. The normalized spacial score (nSPS) is 10.7. The molecule has 0 aliphatic rings. The van der Waals surface area contributed by atoms with E-state index in [4.69, 9.17) is 4.74 Å². The summed E-state index contributed by atoms with van der Waals surface area (Å²) >= 11 is 0. The van der Waals surface area contributed by atoms with E-state index in [2.05, 4.69) is 26.5 Å². The van der Waals surface area contributed by atoms with Crippen molar-refractivity contribution in [3.63, 3.8) is 0 Å². The van der Waals surface area contributed by atoms with Gasteiger partial charge < -0.3 is 15.0 Å². The Hall–Kier alpha value is -1.71. The second-order valence-corrected chi connectivity index (χ2v) is 5.01. The molecule has 116 valence electrons. The number of likely N-dealkylation sites (N-methyl/N-ethyl adjacent to an activating group) is 1. The minimum atomic E-state index is 0.558. The zero-order valence-electron chi connectivity index (χ0n) is 13.4. The van der Waals surface area contributed by atoms with Crippen LogP contribution in [0.1, 0.15) is 30.7 Å². The first-order chi connectivity index (χ1) is 10.1. The van der Waals surface area contributed by atoms with Crippen molar-refractivity contribution in [3.8, 4) is 6.07 Å². The smallest absolute Gasteiger partial charge is 0.167 e. The van der Waals surface area contributed by atoms with Crippen molar-refractivity contribution < 1.29 is 4.74 Å². The predicted octanol–water partition coefficient (Wildman–Crippen LogP) is 1.46. The van der Waals surface area contributed by atoms with Gasteiger partial charge in [-0.3, -0.25) is 0 Å². The fraction of sp³-hybridized carbons (Fsp3) is 0.667. The van der Waals surface area contributed by atoms with Crippen LogP contribution in [0.5, 0.6) is 0 Å². The van der Waals surface area contributed by atoms with Crippen LogP contribution in [0.25, 0.3) is 0 Å². The summed E-state index contributed by atoms with van der Waals surface area (Å²) in [5.41, 5.74) is 2.51. The molecule has 1 rings (SSSR count). The van der Waals surface area contributed by atoms with Gasteiger partial charge in [-0.15, -0.1) is 5.10 Å². The first-order valence-corrected chi connectivity index (χ1v) is 7.38. The molecule has 6 heteroatoms. The average molecular weight is 291 g/mol. The van der Waals surface area contributed by atoms with E-state index in [1.807, 2.05) is 27.9 Å². The summed E-state index contributed by atoms with van der Waals surface area (Å²) in [6.45, 7) is 6.85. The van der Waals surface area contributed by atoms with Gasteiger partial charge in [0.2, 0.25) is 0 Å². The van der Waals surface area contributed by atoms with Gasteiger partial charge in [0.1, 0.15) is 11.6 Å². The number of hydrogen-bond donors (Lipinski definition) is 1. The highest BCUT2D eigenvalue weighted by atomic mass is 16.5. The molecule has 0 saturated carbocycles. The lowest BCUT2D eigenvalue weighted by Gasteiger charge is -2.13. The van der Waals surface area contributed by atoms with Gasteiger partial charge in [-0.05, 0) is 32.5 Å². The highest BCUT2D eigenvalue weighted by molar-refractivity contribution is 5.56. The van der Waals surface area contributed by atoms with Gasteiger partial charge in [-0.2, -0.15) is 10.4 Å². The number of aryl methyl sites for hydroxylation is 1. The molecule has 0 unspecified atom stereocenters. The van der Waals surface area contributed by atoms with Gasteiger partial charge >= 0.3 is 0 Å². The van der Waals surface area contributed by atoms with E-state index in [0.29, 0.717) is 31.1 Å². The van der Waals surface area contributed by atoms with Crippen LogP contribution in [0.3, 0.4) is 0 Å². The molecule has 1 N–H and O–H groups in total. The van der Waals surface area contributed by atoms with E-state index in [1.165, 1.54) is 0 Å². The fourth-order valence-corrected chi connectivity index (χ4v) is 2.01. The lowest BCUT2D eigenvalue weighted by atomic mass is 10.0. The van der Waals surface area contributed by atoms with E-state index in [1.54, 1.807) is 0 Å². The van der Waals surface area contributed by atoms with Crippen LogP contribution in [-0.4, -0.2) is 55.5 Å². The quantitative estimate of drug-likeness (QED) is 0.694. The fourth-order valence-electron chi connectivity index (χ4n) is 2.01. The van der Waals surface area contributed by atoms with Gasteiger partial charge in [0.15, 0.2) is 5.82 Å². The Kier molecular flexibility index (Phi) is 7.65. The molecule has 0 atom stereocenters. The number of anilines is 1. The molecule has 0 aromatic carbocycles. The number of aromatic nitrogens is 2. The molecule has 0 bridgehead atoms. The molecule has 0 fully saturated rings. The van der Waals surface area contributed by atoms with Gasteiger partial charge in [0.25, 0.3) is 0 Å². The molecule has 0 radical (unpaired) electrons. The van der Waals surface area contributed by atoms with Crippen molar-refractivity contribution >= 4 is 5.82 Å². The Morgan fingerprint density at radius 3 is 2.52 bits per heavy atom. The van der Waals surface area contributed by atoms with Crippen LogP contribution in [0.15, 0.2) is 0 Å². The van der Waals surface area contributed by atoms with Crippen molar-refractivity contribution in [1.29, 1.82) is 5.26 Å². The molecule has 6 nitrogen and oxygen atoms in total. The van der Waals surface area contributed by atoms with Gasteiger partial charge in [-0.25, -0.2) is 0 Å². The van der Waals surface area contributed by atoms with Crippen molar-refractivity contribution in [2.45, 2.75) is 26.7 Å². The van der Waals surface area contributed by atoms with Crippen molar-refractivity contribution in [1.82, 2.24) is 15.1 Å². The number of nitrogens with one attached hydrogen (secondary N) is 1. The van der Waals surface area contributed by atoms with E-state index in [9.17, 15) is 5.26 Å². The third-order valence-corrected chi connectivity index (χ3v) is 3.18. The molecular formula is C15H25N5O. The molecule has 1 aromatic heterocycles. The summed E-state index contributed by atoms with van der Waals surface area (Å²) in [6.07, 6.45) is 1.58. The molecule has 1 heterocycles. The highest BCUT2D eigenvalue weighted by Crippen LogP contribution is 2.19. The molecule has 0 aliphatic heterocycles. The zero-order chi connectivity index (χ0) is 15.7. The Morgan fingerprint density at radius 2 is 1.95 bits per heavy atom. The van der Waals surface area contributed by atoms with Crippen molar-refractivity contribution in [2.75, 3.05) is 45.7 Å². The van der Waals surface area contributed by atoms with Crippen LogP contribution in [0.4, 0.5) is 5.82 Å². The highest BCUT2D eigenvalue weighted by Gasteiger charge is 2.13. The molecule has 1 aromatic rings. The molecular weight excluding hydrogens is 266 g/mol. The molecule has 0 amide bonds. The zero-order valence-corrected chi connectivity index (χ0v) is 13.4. The minimum absolute atomic E-state index is 0.558. The molecule has 0 spiro atoms. The maximum absolute atomic E-state index is 9.36. The minimum Gasteiger partial charge on any atom is -0.378 e. The lowest BCUT2D eigenvalue weighted by molar-refractivity contribution is 0.126. The van der Waals surface area contributed by atoms with Crippen LogP contribution in [0, 0.1) is 11.3 Å². The average Bonchev–Trinajstić information content (AvgIpc) is 2.49. The summed E-state index contributed by atoms with van der Waals surface area (Å²) in [7, 11) is 4.02. The lowest BCUT2D eigenvalue weighted by Crippen LogP contribution is -2.20. The first kappa shape index (κ1) is 17.3. The summed E-state index contributed by atoms with van der Waals surface area (Å²) < 4.78 is 5.51. The standard InChI is InChI=1S/C15H25N5O/c1-5-12-13(11-16)15(19-18-14(12)6-2)17-7-9-21-10-8-20(3)4/h5-10H2,1-4H3,(H,17,19). The van der Waals surface area contributed by atoms with E-state index < -0.39 is 0 Å². The first-order valence-electron chi connectivity index (χ1n) is 7.38. The van der Waals surface area contributed by atoms with E-state index >= 15 is 0 Å². The number of rotatable bonds is 9. The molecule has 0 saturated heterocycles. The van der Waals surface area contributed by atoms with Crippen LogP contribution < -0.4 is 5.32 Å². The van der Waals surface area contributed by atoms with Crippen molar-refractivity contribution in [2.24, 2.45) is 0 Å². The number of nitriles is 1. The Morgan fingerprint density at radius 1 is 1.19 bits per heavy atom. The number of hydrogen-bond acceptors (Lipinski definition) is 6. The number of ether oxygens (including phenoxy) is 1. The van der Waals surface area contributed by atoms with Crippen LogP contribution >= 0.6 is 0 Å². The maximum atomic E-state index is 9.36. The maximum Gasteiger partial charge on any atom is 0.167 e. The summed E-state index contributed by atoms with van der Waals surface area (Å²) in [6, 6.07) is 2.24. The summed E-state index contributed by atoms with van der Waals surface area (Å²) in [4.78, 5) is 2.07. The summed E-state index contributed by atoms with van der Waals surface area (Å²) in [5, 5.41) is 20.8. The van der Waals surface area contributed by atoms with Gasteiger partial charge in [0, 0.05) is 13.1 Å². The molecule has 21 heavy (non-hydrogen) atoms. The Labute approximate surface area is 127 Å². The van der Waals surface area contributed by atoms with Crippen molar-refractivity contribution in [3.05, 3.63) is 16.8 Å². The van der Waals surface area contributed by atoms with Gasteiger partial charge in [-0.1, -0.05) is 13.8 Å². The van der Waals surface area contributed by atoms with Crippen LogP contribution in [-0.2, 0) is 17.6 Å². The van der Waals surface area contributed by atoms with Gasteiger partial charge in [0.05, 0.1) is 18.9 Å². The van der Waals surface area contributed by atoms with E-state index in [0.717, 1.165) is 30.6 Å². The third-order valence-electron chi connectivity index (χ3n) is 3.18. The van der Waals surface area contributed by atoms with E-state index in [-0.39, 0.29) is 0 Å². The largest absolute Gasteiger partial charge is 0.378 e. The number of nitrogens with zero attached hydrogens (tertiary/aromatic N) is 4. The summed E-state index contributed by atoms with van der Waals surface area (Å²) in [5.74, 6) is 0.558. The Balaban J connectivity index is 2.58.